The quantitative estimate of drug-likeness (QED) is 0.678. The van der Waals surface area contributed by atoms with Crippen LogP contribution in [0.15, 0.2) is 12.2 Å². The van der Waals surface area contributed by atoms with E-state index in [4.69, 9.17) is 5.11 Å². The molecule has 0 saturated carbocycles. The predicted molar refractivity (Wildman–Crippen MR) is 53.9 cm³/mol. The lowest BCUT2D eigenvalue weighted by Crippen LogP contribution is -2.36. The van der Waals surface area contributed by atoms with Crippen LogP contribution in [-0.2, 0) is 9.59 Å². The standard InChI is InChI=1S/C10H17NO3/c1-4-7-11(8(2)3)9(12)5-6-10(13)14/h5-6,8H,4,7H2,1-3H3,(H,13,14)/b6-5+. The summed E-state index contributed by atoms with van der Waals surface area (Å²) in [5.74, 6) is -1.34. The molecule has 0 aromatic carbocycles. The molecule has 0 unspecified atom stereocenters. The van der Waals surface area contributed by atoms with E-state index in [0.717, 1.165) is 18.6 Å². The number of carboxylic acids is 1. The summed E-state index contributed by atoms with van der Waals surface area (Å²) in [5, 5.41) is 8.36. The maximum atomic E-state index is 11.5. The first-order valence-corrected chi connectivity index (χ1v) is 4.70. The van der Waals surface area contributed by atoms with Crippen LogP contribution in [0.2, 0.25) is 0 Å². The van der Waals surface area contributed by atoms with E-state index in [1.54, 1.807) is 4.90 Å². The van der Waals surface area contributed by atoms with E-state index in [0.29, 0.717) is 6.54 Å². The summed E-state index contributed by atoms with van der Waals surface area (Å²) < 4.78 is 0. The topological polar surface area (TPSA) is 57.6 Å². The van der Waals surface area contributed by atoms with Crippen LogP contribution in [0, 0.1) is 0 Å². The molecule has 0 aliphatic carbocycles. The number of amides is 1. The first kappa shape index (κ1) is 12.7. The van der Waals surface area contributed by atoms with Crippen LogP contribution in [0.5, 0.6) is 0 Å². The molecule has 0 aliphatic rings. The second-order valence-corrected chi connectivity index (χ2v) is 3.30. The first-order valence-electron chi connectivity index (χ1n) is 4.70. The van der Waals surface area contributed by atoms with E-state index < -0.39 is 5.97 Å². The van der Waals surface area contributed by atoms with Gasteiger partial charge in [0, 0.05) is 24.7 Å². The van der Waals surface area contributed by atoms with Gasteiger partial charge in [-0.2, -0.15) is 0 Å². The van der Waals surface area contributed by atoms with Gasteiger partial charge in [-0.25, -0.2) is 4.79 Å². The van der Waals surface area contributed by atoms with Gasteiger partial charge in [-0.1, -0.05) is 6.92 Å². The number of rotatable bonds is 5. The minimum Gasteiger partial charge on any atom is -0.478 e. The van der Waals surface area contributed by atoms with Gasteiger partial charge >= 0.3 is 5.97 Å². The van der Waals surface area contributed by atoms with Gasteiger partial charge in [0.1, 0.15) is 0 Å². The van der Waals surface area contributed by atoms with E-state index in [-0.39, 0.29) is 11.9 Å². The number of carboxylic acid groups (broad SMARTS) is 1. The zero-order chi connectivity index (χ0) is 11.1. The fourth-order valence-electron chi connectivity index (χ4n) is 1.10. The molecule has 4 nitrogen and oxygen atoms in total. The third kappa shape index (κ3) is 4.64. The minimum atomic E-state index is -1.10. The molecular weight excluding hydrogens is 182 g/mol. The van der Waals surface area contributed by atoms with Crippen LogP contribution in [-0.4, -0.2) is 34.5 Å². The third-order valence-electron chi connectivity index (χ3n) is 1.74. The van der Waals surface area contributed by atoms with Crippen LogP contribution in [0.25, 0.3) is 0 Å². The van der Waals surface area contributed by atoms with Crippen LogP contribution in [0.1, 0.15) is 27.2 Å². The Hall–Kier alpha value is -1.32. The summed E-state index contributed by atoms with van der Waals surface area (Å²) >= 11 is 0. The molecule has 14 heavy (non-hydrogen) atoms. The van der Waals surface area contributed by atoms with Crippen molar-refractivity contribution >= 4 is 11.9 Å². The van der Waals surface area contributed by atoms with Crippen molar-refractivity contribution < 1.29 is 14.7 Å². The van der Waals surface area contributed by atoms with Gasteiger partial charge in [0.15, 0.2) is 0 Å². The Morgan fingerprint density at radius 2 is 1.93 bits per heavy atom. The van der Waals surface area contributed by atoms with E-state index >= 15 is 0 Å². The summed E-state index contributed by atoms with van der Waals surface area (Å²) in [5.41, 5.74) is 0. The molecule has 0 aliphatic heterocycles. The molecule has 0 aromatic rings. The van der Waals surface area contributed by atoms with Crippen LogP contribution in [0.3, 0.4) is 0 Å². The van der Waals surface area contributed by atoms with Crippen molar-refractivity contribution in [2.45, 2.75) is 33.2 Å². The number of hydrogen-bond donors (Lipinski definition) is 1. The smallest absolute Gasteiger partial charge is 0.328 e. The van der Waals surface area contributed by atoms with Gasteiger partial charge in [-0.15, -0.1) is 0 Å². The number of hydrogen-bond acceptors (Lipinski definition) is 2. The number of carbonyl (C=O) groups is 2. The molecular formula is C10H17NO3. The Labute approximate surface area is 84.2 Å². The first-order chi connectivity index (χ1) is 6.49. The van der Waals surface area contributed by atoms with Crippen molar-refractivity contribution in [3.05, 3.63) is 12.2 Å². The molecule has 4 heteroatoms. The molecule has 1 amide bonds. The molecule has 0 fully saturated rings. The summed E-state index contributed by atoms with van der Waals surface area (Å²) in [7, 11) is 0. The van der Waals surface area contributed by atoms with Crippen molar-refractivity contribution in [2.75, 3.05) is 6.54 Å². The molecule has 0 spiro atoms. The molecule has 0 rings (SSSR count). The lowest BCUT2D eigenvalue weighted by molar-refractivity contribution is -0.132. The number of carbonyl (C=O) groups excluding carboxylic acids is 1. The molecule has 80 valence electrons. The second-order valence-electron chi connectivity index (χ2n) is 3.30. The van der Waals surface area contributed by atoms with Gasteiger partial charge < -0.3 is 10.0 Å². The fourth-order valence-corrected chi connectivity index (χ4v) is 1.10. The van der Waals surface area contributed by atoms with E-state index in [1.807, 2.05) is 20.8 Å². The zero-order valence-corrected chi connectivity index (χ0v) is 8.86. The Bertz CT molecular complexity index is 234. The van der Waals surface area contributed by atoms with Gasteiger partial charge in [0.05, 0.1) is 0 Å². The highest BCUT2D eigenvalue weighted by Crippen LogP contribution is 2.01. The average molecular weight is 199 g/mol. The molecule has 0 heterocycles. The van der Waals surface area contributed by atoms with Crippen LogP contribution < -0.4 is 0 Å². The van der Waals surface area contributed by atoms with E-state index in [9.17, 15) is 9.59 Å². The Balaban J connectivity index is 4.36. The average Bonchev–Trinajstić information content (AvgIpc) is 2.09. The normalized spacial score (nSPS) is 10.9. The van der Waals surface area contributed by atoms with Gasteiger partial charge in [-0.05, 0) is 20.3 Å². The summed E-state index contributed by atoms with van der Waals surface area (Å²) in [6.45, 7) is 6.44. The van der Waals surface area contributed by atoms with E-state index in [1.165, 1.54) is 0 Å². The number of aliphatic carboxylic acids is 1. The predicted octanol–water partition coefficient (Wildman–Crippen LogP) is 1.27. The van der Waals surface area contributed by atoms with Crippen molar-refractivity contribution in [3.8, 4) is 0 Å². The molecule has 0 bridgehead atoms. The Kier molecular flexibility index (Phi) is 5.60. The highest BCUT2D eigenvalue weighted by molar-refractivity contribution is 5.94. The SMILES string of the molecule is CCCN(C(=O)/C=C/C(=O)O)C(C)C. The Morgan fingerprint density at radius 1 is 1.36 bits per heavy atom. The van der Waals surface area contributed by atoms with E-state index in [2.05, 4.69) is 0 Å². The van der Waals surface area contributed by atoms with Crippen LogP contribution in [0.4, 0.5) is 0 Å². The summed E-state index contributed by atoms with van der Waals surface area (Å²) in [6.07, 6.45) is 2.83. The fraction of sp³-hybridized carbons (Fsp3) is 0.600. The van der Waals surface area contributed by atoms with Gasteiger partial charge in [-0.3, -0.25) is 4.79 Å². The Morgan fingerprint density at radius 3 is 2.29 bits per heavy atom. The largest absolute Gasteiger partial charge is 0.478 e. The lowest BCUT2D eigenvalue weighted by atomic mass is 10.2. The minimum absolute atomic E-state index is 0.0981. The molecule has 0 radical (unpaired) electrons. The molecule has 0 saturated heterocycles. The summed E-state index contributed by atoms with van der Waals surface area (Å²) in [6, 6.07) is 0.0981. The summed E-state index contributed by atoms with van der Waals surface area (Å²) in [4.78, 5) is 23.3. The van der Waals surface area contributed by atoms with Crippen molar-refractivity contribution in [1.82, 2.24) is 4.90 Å². The molecule has 1 N–H and O–H groups in total. The van der Waals surface area contributed by atoms with Crippen LogP contribution >= 0.6 is 0 Å². The second kappa shape index (κ2) is 6.18. The van der Waals surface area contributed by atoms with Crippen molar-refractivity contribution in [3.63, 3.8) is 0 Å². The molecule has 0 aromatic heterocycles. The highest BCUT2D eigenvalue weighted by atomic mass is 16.4. The highest BCUT2D eigenvalue weighted by Gasteiger charge is 2.12. The van der Waals surface area contributed by atoms with Gasteiger partial charge in [0.2, 0.25) is 5.91 Å². The molecule has 0 atom stereocenters. The maximum absolute atomic E-state index is 11.5. The number of nitrogens with zero attached hydrogens (tertiary/aromatic N) is 1. The monoisotopic (exact) mass is 199 g/mol. The maximum Gasteiger partial charge on any atom is 0.328 e. The van der Waals surface area contributed by atoms with Gasteiger partial charge in [0.25, 0.3) is 0 Å². The zero-order valence-electron chi connectivity index (χ0n) is 8.86. The lowest BCUT2D eigenvalue weighted by Gasteiger charge is -2.24. The van der Waals surface area contributed by atoms with Crippen molar-refractivity contribution in [1.29, 1.82) is 0 Å². The third-order valence-corrected chi connectivity index (χ3v) is 1.74. The van der Waals surface area contributed by atoms with Crippen molar-refractivity contribution in [2.24, 2.45) is 0 Å².